The molecule has 2 aromatic rings. The molecule has 0 aromatic heterocycles. The maximum Gasteiger partial charge on any atom is 0.695 e. The van der Waals surface area contributed by atoms with Crippen molar-refractivity contribution >= 4 is 8.25 Å². The number of rotatable bonds is 5. The van der Waals surface area contributed by atoms with Crippen LogP contribution in [-0.4, -0.2) is 4.89 Å². The largest absolute Gasteiger partial charge is 0.695 e. The molecular formula is C17H22O3P+. The third-order valence-electron chi connectivity index (χ3n) is 2.90. The highest BCUT2D eigenvalue weighted by Gasteiger charge is 2.25. The Morgan fingerprint density at radius 2 is 1.29 bits per heavy atom. The number of hydrogen-bond acceptors (Lipinski definition) is 2. The van der Waals surface area contributed by atoms with Gasteiger partial charge in [-0.2, -0.15) is 0 Å². The highest BCUT2D eigenvalue weighted by Crippen LogP contribution is 2.33. The van der Waals surface area contributed by atoms with Gasteiger partial charge in [-0.15, -0.1) is 9.42 Å². The van der Waals surface area contributed by atoms with Gasteiger partial charge in [0, 0.05) is 4.57 Å². The van der Waals surface area contributed by atoms with Crippen molar-refractivity contribution in [2.75, 3.05) is 0 Å². The first-order valence-corrected chi connectivity index (χ1v) is 8.24. The smallest absolute Gasteiger partial charge is 0.133 e. The lowest BCUT2D eigenvalue weighted by Gasteiger charge is -2.10. The number of unbranched alkanes of at least 4 members (excludes halogenated alkanes) is 1. The van der Waals surface area contributed by atoms with E-state index < -0.39 is 14.4 Å². The van der Waals surface area contributed by atoms with Crippen LogP contribution in [0.5, 0.6) is 0 Å². The standard InChI is InChI=1S/C13H11O3P.C4H10/c14-17(15)16-13(11-7-3-1-4-8-11)12-9-5-2-6-10-12;1-3-4-2/h1-10,13H;3-4H2,1-2H3/p+1. The summed E-state index contributed by atoms with van der Waals surface area (Å²) in [6.07, 6.45) is 2.13. The molecule has 0 saturated carbocycles. The van der Waals surface area contributed by atoms with Gasteiger partial charge in [0.25, 0.3) is 0 Å². The summed E-state index contributed by atoms with van der Waals surface area (Å²) in [7, 11) is -2.64. The summed E-state index contributed by atoms with van der Waals surface area (Å²) in [6.45, 7) is 4.36. The van der Waals surface area contributed by atoms with E-state index in [0.29, 0.717) is 0 Å². The van der Waals surface area contributed by atoms with E-state index in [1.54, 1.807) is 0 Å². The Morgan fingerprint density at radius 1 is 0.905 bits per heavy atom. The minimum Gasteiger partial charge on any atom is -0.133 e. The molecule has 4 heteroatoms. The molecule has 0 amide bonds. The van der Waals surface area contributed by atoms with E-state index in [1.807, 2.05) is 60.7 Å². The second kappa shape index (κ2) is 10.2. The van der Waals surface area contributed by atoms with Crippen LogP contribution < -0.4 is 0 Å². The van der Waals surface area contributed by atoms with Crippen LogP contribution >= 0.6 is 8.25 Å². The Bertz CT molecular complexity index is 473. The van der Waals surface area contributed by atoms with Crippen LogP contribution in [-0.2, 0) is 9.09 Å². The van der Waals surface area contributed by atoms with Gasteiger partial charge in [-0.05, 0) is 11.1 Å². The van der Waals surface area contributed by atoms with Crippen LogP contribution in [0.3, 0.4) is 0 Å². The molecule has 0 saturated heterocycles. The first-order chi connectivity index (χ1) is 10.2. The highest BCUT2D eigenvalue weighted by molar-refractivity contribution is 7.32. The van der Waals surface area contributed by atoms with E-state index in [0.717, 1.165) is 11.1 Å². The van der Waals surface area contributed by atoms with Crippen molar-refractivity contribution in [3.05, 3.63) is 71.8 Å². The van der Waals surface area contributed by atoms with Crippen molar-refractivity contribution in [3.63, 3.8) is 0 Å². The lowest BCUT2D eigenvalue weighted by molar-refractivity contribution is 0.226. The predicted octanol–water partition coefficient (Wildman–Crippen LogP) is 5.25. The zero-order valence-electron chi connectivity index (χ0n) is 12.5. The van der Waals surface area contributed by atoms with Crippen LogP contribution in [0, 0.1) is 0 Å². The van der Waals surface area contributed by atoms with Gasteiger partial charge >= 0.3 is 8.25 Å². The Balaban J connectivity index is 0.000000491. The molecule has 0 fully saturated rings. The van der Waals surface area contributed by atoms with Crippen LogP contribution in [0.2, 0.25) is 0 Å². The summed E-state index contributed by atoms with van der Waals surface area (Å²) in [6, 6.07) is 18.8. The van der Waals surface area contributed by atoms with Crippen LogP contribution in [0.4, 0.5) is 0 Å². The third-order valence-corrected chi connectivity index (χ3v) is 3.29. The van der Waals surface area contributed by atoms with Gasteiger partial charge in [-0.1, -0.05) is 87.4 Å². The molecule has 0 aliphatic carbocycles. The van der Waals surface area contributed by atoms with E-state index in [9.17, 15) is 4.57 Å². The fraction of sp³-hybridized carbons (Fsp3) is 0.294. The maximum atomic E-state index is 10.9. The van der Waals surface area contributed by atoms with Gasteiger partial charge in [0.05, 0.1) is 0 Å². The van der Waals surface area contributed by atoms with Gasteiger partial charge in [0.1, 0.15) is 0 Å². The van der Waals surface area contributed by atoms with Crippen LogP contribution in [0.1, 0.15) is 43.9 Å². The fourth-order valence-electron chi connectivity index (χ4n) is 1.66. The minimum atomic E-state index is -2.64. The van der Waals surface area contributed by atoms with Gasteiger partial charge in [-0.3, -0.25) is 0 Å². The van der Waals surface area contributed by atoms with Crippen LogP contribution in [0.25, 0.3) is 0 Å². The summed E-state index contributed by atoms with van der Waals surface area (Å²) >= 11 is 0. The topological polar surface area (TPSA) is 46.5 Å². The van der Waals surface area contributed by atoms with Gasteiger partial charge in [-0.25, -0.2) is 0 Å². The molecule has 112 valence electrons. The van der Waals surface area contributed by atoms with E-state index in [1.165, 1.54) is 12.8 Å². The van der Waals surface area contributed by atoms with Crippen molar-refractivity contribution in [2.45, 2.75) is 32.8 Å². The van der Waals surface area contributed by atoms with E-state index in [4.69, 9.17) is 9.42 Å². The van der Waals surface area contributed by atoms with Gasteiger partial charge < -0.3 is 0 Å². The van der Waals surface area contributed by atoms with Crippen molar-refractivity contribution in [3.8, 4) is 0 Å². The lowest BCUT2D eigenvalue weighted by atomic mass is 10.0. The second-order valence-electron chi connectivity index (χ2n) is 4.54. The molecule has 0 aliphatic heterocycles. The molecule has 1 atom stereocenters. The average molecular weight is 305 g/mol. The summed E-state index contributed by atoms with van der Waals surface area (Å²) in [5.74, 6) is 0. The normalized spacial score (nSPS) is 10.8. The predicted molar refractivity (Wildman–Crippen MR) is 86.2 cm³/mol. The molecule has 0 radical (unpaired) electrons. The summed E-state index contributed by atoms with van der Waals surface area (Å²) in [5, 5.41) is 0. The molecule has 21 heavy (non-hydrogen) atoms. The first-order valence-electron chi connectivity index (χ1n) is 7.11. The van der Waals surface area contributed by atoms with Crippen molar-refractivity contribution < 1.29 is 14.0 Å². The maximum absolute atomic E-state index is 10.9. The molecule has 1 unspecified atom stereocenters. The van der Waals surface area contributed by atoms with Gasteiger partial charge in [0.15, 0.2) is 6.10 Å². The summed E-state index contributed by atoms with van der Waals surface area (Å²) in [5.41, 5.74) is 1.72. The molecular weight excluding hydrogens is 283 g/mol. The average Bonchev–Trinajstić information content (AvgIpc) is 2.54. The van der Waals surface area contributed by atoms with E-state index >= 15 is 0 Å². The summed E-state index contributed by atoms with van der Waals surface area (Å²) < 4.78 is 16.0. The molecule has 3 nitrogen and oxygen atoms in total. The minimum absolute atomic E-state index is 0.508. The molecule has 1 N–H and O–H groups in total. The fourth-order valence-corrected chi connectivity index (χ4v) is 2.08. The van der Waals surface area contributed by atoms with Crippen molar-refractivity contribution in [1.29, 1.82) is 0 Å². The first kappa shape index (κ1) is 17.5. The summed E-state index contributed by atoms with van der Waals surface area (Å²) in [4.78, 5) is 8.93. The SMILES string of the molecule is CCCC.O=[P+](O)OC(c1ccccc1)c1ccccc1. The van der Waals surface area contributed by atoms with E-state index in [-0.39, 0.29) is 0 Å². The molecule has 0 aliphatic rings. The molecule has 2 rings (SSSR count). The zero-order chi connectivity index (χ0) is 15.5. The monoisotopic (exact) mass is 305 g/mol. The Hall–Kier alpha value is -1.54. The second-order valence-corrected chi connectivity index (χ2v) is 5.23. The van der Waals surface area contributed by atoms with Crippen molar-refractivity contribution in [2.24, 2.45) is 0 Å². The quantitative estimate of drug-likeness (QED) is 0.767. The van der Waals surface area contributed by atoms with Crippen molar-refractivity contribution in [1.82, 2.24) is 0 Å². The van der Waals surface area contributed by atoms with Gasteiger partial charge in [0.2, 0.25) is 0 Å². The number of hydrogen-bond donors (Lipinski definition) is 1. The lowest BCUT2D eigenvalue weighted by Crippen LogP contribution is -2.01. The van der Waals surface area contributed by atoms with Crippen LogP contribution in [0.15, 0.2) is 60.7 Å². The Kier molecular flexibility index (Phi) is 8.53. The molecule has 0 bridgehead atoms. The molecule has 0 spiro atoms. The highest BCUT2D eigenvalue weighted by atomic mass is 31.1. The third kappa shape index (κ3) is 6.63. The number of benzene rings is 2. The molecule has 2 aromatic carbocycles. The Labute approximate surface area is 127 Å². The molecule has 0 heterocycles. The zero-order valence-corrected chi connectivity index (χ0v) is 13.4. The van der Waals surface area contributed by atoms with E-state index in [2.05, 4.69) is 13.8 Å². The Morgan fingerprint density at radius 3 is 1.57 bits per heavy atom.